The normalized spacial score (nSPS) is 17.1. The van der Waals surface area contributed by atoms with Crippen molar-refractivity contribution in [2.45, 2.75) is 25.9 Å². The SMILES string of the molecule is CC=Cc1cc(OC)c2c(c1)C(C)C(c1ccc(C(=O)/C=C/c3ccc(O)cc3)c(OC)c1)O2. The molecule has 1 N–H and O–H groups in total. The molecule has 0 amide bonds. The first-order valence-corrected chi connectivity index (χ1v) is 11.2. The van der Waals surface area contributed by atoms with Gasteiger partial charge in [-0.2, -0.15) is 0 Å². The van der Waals surface area contributed by atoms with E-state index in [0.717, 1.165) is 28.0 Å². The quantitative estimate of drug-likeness (QED) is 0.321. The number of phenolic OH excluding ortho intramolecular Hbond substituents is 1. The van der Waals surface area contributed by atoms with Crippen molar-refractivity contribution in [2.24, 2.45) is 0 Å². The summed E-state index contributed by atoms with van der Waals surface area (Å²) in [5, 5.41) is 9.41. The molecule has 5 heteroatoms. The maximum atomic E-state index is 12.9. The van der Waals surface area contributed by atoms with Crippen molar-refractivity contribution in [3.8, 4) is 23.0 Å². The van der Waals surface area contributed by atoms with Crippen LogP contribution in [-0.2, 0) is 0 Å². The number of ketones is 1. The second-order valence-electron chi connectivity index (χ2n) is 8.22. The minimum absolute atomic E-state index is 0.0924. The zero-order chi connectivity index (χ0) is 24.2. The summed E-state index contributed by atoms with van der Waals surface area (Å²) in [6.45, 7) is 4.11. The molecule has 0 saturated heterocycles. The van der Waals surface area contributed by atoms with E-state index in [9.17, 15) is 9.90 Å². The number of phenols is 1. The molecule has 0 saturated carbocycles. The number of fused-ring (bicyclic) bond motifs is 1. The monoisotopic (exact) mass is 456 g/mol. The highest BCUT2D eigenvalue weighted by molar-refractivity contribution is 6.08. The fourth-order valence-corrected chi connectivity index (χ4v) is 4.23. The van der Waals surface area contributed by atoms with Crippen LogP contribution in [0.4, 0.5) is 0 Å². The van der Waals surface area contributed by atoms with E-state index in [1.165, 1.54) is 6.08 Å². The predicted octanol–water partition coefficient (Wildman–Crippen LogP) is 6.58. The maximum absolute atomic E-state index is 12.9. The van der Waals surface area contributed by atoms with E-state index in [0.29, 0.717) is 17.1 Å². The van der Waals surface area contributed by atoms with Crippen molar-refractivity contribution in [1.82, 2.24) is 0 Å². The van der Waals surface area contributed by atoms with Gasteiger partial charge in [-0.05, 0) is 66.1 Å². The van der Waals surface area contributed by atoms with E-state index in [2.05, 4.69) is 13.0 Å². The maximum Gasteiger partial charge on any atom is 0.189 e. The van der Waals surface area contributed by atoms with Gasteiger partial charge in [-0.3, -0.25) is 4.79 Å². The Labute approximate surface area is 199 Å². The molecule has 0 aromatic heterocycles. The zero-order valence-electron chi connectivity index (χ0n) is 19.7. The molecule has 0 fully saturated rings. The van der Waals surface area contributed by atoms with E-state index in [4.69, 9.17) is 14.2 Å². The van der Waals surface area contributed by atoms with Crippen LogP contribution in [0.1, 0.15) is 58.5 Å². The van der Waals surface area contributed by atoms with E-state index < -0.39 is 0 Å². The van der Waals surface area contributed by atoms with Crippen molar-refractivity contribution in [3.63, 3.8) is 0 Å². The molecule has 3 aromatic rings. The summed E-state index contributed by atoms with van der Waals surface area (Å²) in [6, 6.07) is 16.3. The van der Waals surface area contributed by atoms with Crippen molar-refractivity contribution in [1.29, 1.82) is 0 Å². The van der Waals surface area contributed by atoms with Crippen LogP contribution in [0.2, 0.25) is 0 Å². The number of hydrogen-bond donors (Lipinski definition) is 1. The van der Waals surface area contributed by atoms with Crippen LogP contribution in [-0.4, -0.2) is 25.1 Å². The van der Waals surface area contributed by atoms with Gasteiger partial charge in [0.15, 0.2) is 17.3 Å². The number of carbonyl (C=O) groups is 1. The highest BCUT2D eigenvalue weighted by Crippen LogP contribution is 2.51. The van der Waals surface area contributed by atoms with E-state index in [1.807, 2.05) is 37.3 Å². The molecule has 0 bridgehead atoms. The van der Waals surface area contributed by atoms with Crippen molar-refractivity contribution >= 4 is 17.9 Å². The van der Waals surface area contributed by atoms with Gasteiger partial charge in [0.2, 0.25) is 0 Å². The Morgan fingerprint density at radius 1 is 0.941 bits per heavy atom. The van der Waals surface area contributed by atoms with Crippen LogP contribution >= 0.6 is 0 Å². The lowest BCUT2D eigenvalue weighted by Crippen LogP contribution is -2.09. The Hall–Kier alpha value is -3.99. The molecule has 1 aliphatic heterocycles. The number of carbonyl (C=O) groups excluding carboxylic acids is 1. The number of benzene rings is 3. The lowest BCUT2D eigenvalue weighted by molar-refractivity contribution is 0.104. The highest BCUT2D eigenvalue weighted by atomic mass is 16.5. The van der Waals surface area contributed by atoms with Crippen LogP contribution in [0.5, 0.6) is 23.0 Å². The summed E-state index contributed by atoms with van der Waals surface area (Å²) in [6.07, 6.45) is 7.02. The summed E-state index contributed by atoms with van der Waals surface area (Å²) in [5.41, 5.74) is 4.37. The van der Waals surface area contributed by atoms with Gasteiger partial charge in [0.05, 0.1) is 19.8 Å². The minimum atomic E-state index is -0.227. The molecular weight excluding hydrogens is 428 g/mol. The second-order valence-corrected chi connectivity index (χ2v) is 8.22. The lowest BCUT2D eigenvalue weighted by atomic mass is 9.91. The Bertz CT molecular complexity index is 1250. The fourth-order valence-electron chi connectivity index (χ4n) is 4.23. The highest BCUT2D eigenvalue weighted by Gasteiger charge is 2.35. The third-order valence-electron chi connectivity index (χ3n) is 6.01. The van der Waals surface area contributed by atoms with Gasteiger partial charge in [0.1, 0.15) is 17.6 Å². The lowest BCUT2D eigenvalue weighted by Gasteiger charge is -2.18. The van der Waals surface area contributed by atoms with Crippen molar-refractivity contribution in [3.05, 3.63) is 94.6 Å². The third kappa shape index (κ3) is 4.55. The van der Waals surface area contributed by atoms with E-state index >= 15 is 0 Å². The molecule has 0 aliphatic carbocycles. The van der Waals surface area contributed by atoms with Crippen LogP contribution in [0.3, 0.4) is 0 Å². The molecule has 2 unspecified atom stereocenters. The Balaban J connectivity index is 1.61. The molecule has 34 heavy (non-hydrogen) atoms. The Kier molecular flexibility index (Phi) is 6.73. The molecule has 0 radical (unpaired) electrons. The average molecular weight is 457 g/mol. The molecule has 3 aromatic carbocycles. The van der Waals surface area contributed by atoms with Crippen molar-refractivity contribution in [2.75, 3.05) is 14.2 Å². The summed E-state index contributed by atoms with van der Waals surface area (Å²) >= 11 is 0. The van der Waals surface area contributed by atoms with Gasteiger partial charge in [-0.15, -0.1) is 0 Å². The Morgan fingerprint density at radius 2 is 1.68 bits per heavy atom. The average Bonchev–Trinajstić information content (AvgIpc) is 3.19. The van der Waals surface area contributed by atoms with Gasteiger partial charge in [0.25, 0.3) is 0 Å². The smallest absolute Gasteiger partial charge is 0.189 e. The first kappa shape index (κ1) is 23.2. The standard InChI is InChI=1S/C29H28O5/c1-5-6-20-15-24-18(2)28(34-29(24)27(16-20)33-4)21-10-13-23(26(17-21)32-3)25(31)14-9-19-7-11-22(30)12-8-19/h5-18,28,30H,1-4H3/b6-5?,14-9+. The van der Waals surface area contributed by atoms with Gasteiger partial charge in [-0.25, -0.2) is 0 Å². The summed E-state index contributed by atoms with van der Waals surface area (Å²) < 4.78 is 17.5. The molecule has 5 nitrogen and oxygen atoms in total. The molecule has 1 heterocycles. The Morgan fingerprint density at radius 3 is 2.35 bits per heavy atom. The largest absolute Gasteiger partial charge is 0.508 e. The minimum Gasteiger partial charge on any atom is -0.508 e. The van der Waals surface area contributed by atoms with E-state index in [1.54, 1.807) is 50.6 Å². The molecule has 2 atom stereocenters. The fraction of sp³-hybridized carbons (Fsp3) is 0.207. The second kappa shape index (κ2) is 9.87. The van der Waals surface area contributed by atoms with Crippen LogP contribution in [0.15, 0.2) is 66.7 Å². The van der Waals surface area contributed by atoms with Gasteiger partial charge < -0.3 is 19.3 Å². The number of rotatable bonds is 7. The molecule has 174 valence electrons. The number of aromatic hydroxyl groups is 1. The third-order valence-corrected chi connectivity index (χ3v) is 6.01. The van der Waals surface area contributed by atoms with Gasteiger partial charge in [0, 0.05) is 11.5 Å². The first-order valence-electron chi connectivity index (χ1n) is 11.2. The van der Waals surface area contributed by atoms with E-state index in [-0.39, 0.29) is 23.6 Å². The van der Waals surface area contributed by atoms with Gasteiger partial charge >= 0.3 is 0 Å². The summed E-state index contributed by atoms with van der Waals surface area (Å²) in [4.78, 5) is 12.9. The van der Waals surface area contributed by atoms with Crippen LogP contribution in [0, 0.1) is 0 Å². The zero-order valence-corrected chi connectivity index (χ0v) is 19.7. The molecule has 1 aliphatic rings. The number of methoxy groups -OCH3 is 2. The van der Waals surface area contributed by atoms with Crippen LogP contribution < -0.4 is 14.2 Å². The summed E-state index contributed by atoms with van der Waals surface area (Å²) in [5.74, 6) is 2.06. The predicted molar refractivity (Wildman–Crippen MR) is 134 cm³/mol. The number of ether oxygens (including phenoxy) is 3. The van der Waals surface area contributed by atoms with Crippen molar-refractivity contribution < 1.29 is 24.1 Å². The molecule has 4 rings (SSSR count). The summed E-state index contributed by atoms with van der Waals surface area (Å²) in [7, 11) is 3.20. The van der Waals surface area contributed by atoms with Gasteiger partial charge in [-0.1, -0.05) is 43.4 Å². The molecular formula is C29H28O5. The van der Waals surface area contributed by atoms with Crippen LogP contribution in [0.25, 0.3) is 12.2 Å². The molecule has 0 spiro atoms. The number of hydrogen-bond acceptors (Lipinski definition) is 5. The first-order chi connectivity index (χ1) is 16.4. The topological polar surface area (TPSA) is 65.0 Å². The number of allylic oxidation sites excluding steroid dienone is 2.